The van der Waals surface area contributed by atoms with Crippen molar-refractivity contribution in [3.8, 4) is 0 Å². The highest BCUT2D eigenvalue weighted by Gasteiger charge is 2.24. The lowest BCUT2D eigenvalue weighted by molar-refractivity contribution is -0.140. The van der Waals surface area contributed by atoms with Crippen molar-refractivity contribution in [1.82, 2.24) is 5.32 Å². The summed E-state index contributed by atoms with van der Waals surface area (Å²) in [6.45, 7) is 3.53. The van der Waals surface area contributed by atoms with Gasteiger partial charge in [-0.05, 0) is 24.3 Å². The molecule has 1 amide bonds. The molecule has 2 N–H and O–H groups in total. The van der Waals surface area contributed by atoms with Gasteiger partial charge in [-0.1, -0.05) is 26.0 Å². The molecule has 1 atom stereocenters. The first-order chi connectivity index (χ1) is 8.47. The summed E-state index contributed by atoms with van der Waals surface area (Å²) in [4.78, 5) is 23.9. The van der Waals surface area contributed by atoms with E-state index in [4.69, 9.17) is 5.11 Å². The first kappa shape index (κ1) is 14.6. The van der Waals surface area contributed by atoms with E-state index in [0.717, 1.165) is 4.90 Å². The third-order valence-corrected chi connectivity index (χ3v) is 3.37. The maximum atomic E-state index is 12.1. The van der Waals surface area contributed by atoms with E-state index in [9.17, 15) is 9.59 Å². The molecule has 4 nitrogen and oxygen atoms in total. The van der Waals surface area contributed by atoms with E-state index in [-0.39, 0.29) is 11.8 Å². The number of benzene rings is 1. The Hall–Kier alpha value is -1.49. The quantitative estimate of drug-likeness (QED) is 0.803. The number of rotatable bonds is 5. The first-order valence-corrected chi connectivity index (χ1v) is 6.86. The molecule has 1 aromatic rings. The van der Waals surface area contributed by atoms with Gasteiger partial charge in [-0.15, -0.1) is 11.8 Å². The van der Waals surface area contributed by atoms with Gasteiger partial charge in [0.05, 0.1) is 5.56 Å². The third kappa shape index (κ3) is 3.50. The smallest absolute Gasteiger partial charge is 0.326 e. The summed E-state index contributed by atoms with van der Waals surface area (Å²) < 4.78 is 0. The van der Waals surface area contributed by atoms with Crippen LogP contribution < -0.4 is 5.32 Å². The second kappa shape index (κ2) is 6.44. The Morgan fingerprint density at radius 3 is 2.39 bits per heavy atom. The van der Waals surface area contributed by atoms with Crippen LogP contribution in [0.15, 0.2) is 29.2 Å². The second-order valence-corrected chi connectivity index (χ2v) is 5.08. The molecule has 0 bridgehead atoms. The van der Waals surface area contributed by atoms with Crippen LogP contribution in [0.25, 0.3) is 0 Å². The fourth-order valence-corrected chi connectivity index (χ4v) is 2.16. The summed E-state index contributed by atoms with van der Waals surface area (Å²) in [6, 6.07) is 6.28. The summed E-state index contributed by atoms with van der Waals surface area (Å²) in [5, 5.41) is 11.6. The van der Waals surface area contributed by atoms with Crippen LogP contribution in [0.5, 0.6) is 0 Å². The van der Waals surface area contributed by atoms with Gasteiger partial charge in [-0.3, -0.25) is 4.79 Å². The van der Waals surface area contributed by atoms with Gasteiger partial charge in [-0.25, -0.2) is 4.79 Å². The Labute approximate surface area is 111 Å². The zero-order valence-electron chi connectivity index (χ0n) is 10.6. The Bertz CT molecular complexity index is 446. The largest absolute Gasteiger partial charge is 0.480 e. The van der Waals surface area contributed by atoms with E-state index in [2.05, 4.69) is 5.32 Å². The predicted octanol–water partition coefficient (Wildman–Crippen LogP) is 2.25. The lowest BCUT2D eigenvalue weighted by Gasteiger charge is -2.18. The number of amides is 1. The number of aliphatic carboxylic acids is 1. The van der Waals surface area contributed by atoms with E-state index in [0.29, 0.717) is 5.56 Å². The third-order valence-electron chi connectivity index (χ3n) is 2.57. The van der Waals surface area contributed by atoms with E-state index in [1.807, 2.05) is 18.4 Å². The summed E-state index contributed by atoms with van der Waals surface area (Å²) in [7, 11) is 0. The molecule has 0 saturated carbocycles. The van der Waals surface area contributed by atoms with Crippen LogP contribution in [0.1, 0.15) is 24.2 Å². The average molecular weight is 267 g/mol. The Balaban J connectivity index is 2.90. The molecule has 98 valence electrons. The van der Waals surface area contributed by atoms with Gasteiger partial charge in [0.15, 0.2) is 0 Å². The van der Waals surface area contributed by atoms with Crippen LogP contribution in [-0.2, 0) is 4.79 Å². The number of carbonyl (C=O) groups excluding carboxylic acids is 1. The minimum absolute atomic E-state index is 0.159. The summed E-state index contributed by atoms with van der Waals surface area (Å²) in [5.74, 6) is -1.52. The molecular weight excluding hydrogens is 250 g/mol. The molecule has 0 radical (unpaired) electrons. The van der Waals surface area contributed by atoms with Crippen molar-refractivity contribution >= 4 is 23.6 Å². The number of carboxylic acid groups (broad SMARTS) is 1. The summed E-state index contributed by atoms with van der Waals surface area (Å²) in [6.07, 6.45) is 1.88. The number of hydrogen-bond acceptors (Lipinski definition) is 3. The van der Waals surface area contributed by atoms with Crippen molar-refractivity contribution < 1.29 is 14.7 Å². The first-order valence-electron chi connectivity index (χ1n) is 5.64. The number of thioether (sulfide) groups is 1. The van der Waals surface area contributed by atoms with Gasteiger partial charge in [0.2, 0.25) is 0 Å². The van der Waals surface area contributed by atoms with Crippen molar-refractivity contribution in [3.05, 3.63) is 29.8 Å². The number of hydrogen-bond donors (Lipinski definition) is 2. The van der Waals surface area contributed by atoms with Gasteiger partial charge >= 0.3 is 5.97 Å². The van der Waals surface area contributed by atoms with Gasteiger partial charge in [-0.2, -0.15) is 0 Å². The molecule has 0 fully saturated rings. The molecule has 0 aliphatic rings. The molecule has 1 rings (SSSR count). The summed E-state index contributed by atoms with van der Waals surface area (Å²) in [5.41, 5.74) is 0.511. The lowest BCUT2D eigenvalue weighted by Crippen LogP contribution is -2.44. The molecule has 0 heterocycles. The minimum Gasteiger partial charge on any atom is -0.480 e. The van der Waals surface area contributed by atoms with Crippen LogP contribution in [0.2, 0.25) is 0 Å². The van der Waals surface area contributed by atoms with Crippen LogP contribution >= 0.6 is 11.8 Å². The fraction of sp³-hybridized carbons (Fsp3) is 0.385. The highest BCUT2D eigenvalue weighted by Crippen LogP contribution is 2.20. The highest BCUT2D eigenvalue weighted by atomic mass is 32.2. The van der Waals surface area contributed by atoms with Crippen molar-refractivity contribution in [2.24, 2.45) is 5.92 Å². The number of carbonyl (C=O) groups is 2. The zero-order chi connectivity index (χ0) is 13.7. The Kier molecular flexibility index (Phi) is 5.22. The van der Waals surface area contributed by atoms with E-state index in [1.54, 1.807) is 26.0 Å². The maximum Gasteiger partial charge on any atom is 0.326 e. The molecule has 0 aliphatic heterocycles. The van der Waals surface area contributed by atoms with Crippen LogP contribution in [-0.4, -0.2) is 29.3 Å². The van der Waals surface area contributed by atoms with Crippen LogP contribution in [0.4, 0.5) is 0 Å². The molecule has 0 aromatic heterocycles. The second-order valence-electron chi connectivity index (χ2n) is 4.23. The Morgan fingerprint density at radius 1 is 1.28 bits per heavy atom. The van der Waals surface area contributed by atoms with Gasteiger partial charge < -0.3 is 10.4 Å². The van der Waals surface area contributed by atoms with Crippen LogP contribution in [0, 0.1) is 5.92 Å². The maximum absolute atomic E-state index is 12.1. The molecule has 18 heavy (non-hydrogen) atoms. The summed E-state index contributed by atoms with van der Waals surface area (Å²) >= 11 is 1.46. The minimum atomic E-state index is -1.01. The lowest BCUT2D eigenvalue weighted by atomic mass is 10.0. The molecule has 5 heteroatoms. The topological polar surface area (TPSA) is 66.4 Å². The molecule has 1 aromatic carbocycles. The highest BCUT2D eigenvalue weighted by molar-refractivity contribution is 7.98. The predicted molar refractivity (Wildman–Crippen MR) is 72.0 cm³/mol. The molecular formula is C13H17NO3S. The molecule has 0 aliphatic carbocycles. The van der Waals surface area contributed by atoms with Crippen molar-refractivity contribution in [2.75, 3.05) is 6.26 Å². The van der Waals surface area contributed by atoms with Crippen LogP contribution in [0.3, 0.4) is 0 Å². The van der Waals surface area contributed by atoms with Crippen molar-refractivity contribution in [2.45, 2.75) is 24.8 Å². The van der Waals surface area contributed by atoms with Crippen molar-refractivity contribution in [3.63, 3.8) is 0 Å². The van der Waals surface area contributed by atoms with E-state index < -0.39 is 12.0 Å². The van der Waals surface area contributed by atoms with Crippen molar-refractivity contribution in [1.29, 1.82) is 0 Å². The monoisotopic (exact) mass is 267 g/mol. The molecule has 0 saturated heterocycles. The average Bonchev–Trinajstić information content (AvgIpc) is 2.34. The zero-order valence-corrected chi connectivity index (χ0v) is 11.5. The van der Waals surface area contributed by atoms with Gasteiger partial charge in [0.25, 0.3) is 5.91 Å². The fourth-order valence-electron chi connectivity index (χ4n) is 1.56. The van der Waals surface area contributed by atoms with Gasteiger partial charge in [0, 0.05) is 4.90 Å². The van der Waals surface area contributed by atoms with Gasteiger partial charge in [0.1, 0.15) is 6.04 Å². The Morgan fingerprint density at radius 2 is 1.89 bits per heavy atom. The molecule has 0 spiro atoms. The molecule has 0 unspecified atom stereocenters. The number of nitrogens with one attached hydrogen (secondary N) is 1. The van der Waals surface area contributed by atoms with E-state index in [1.165, 1.54) is 11.8 Å². The SMILES string of the molecule is CSc1ccccc1C(=O)N[C@@H](C(=O)O)C(C)C. The normalized spacial score (nSPS) is 12.2. The van der Waals surface area contributed by atoms with E-state index >= 15 is 0 Å². The standard InChI is InChI=1S/C13H17NO3S/c1-8(2)11(13(16)17)14-12(15)9-6-4-5-7-10(9)18-3/h4-8,11H,1-3H3,(H,14,15)(H,16,17)/t11-/m1/s1. The number of carboxylic acids is 1.